The van der Waals surface area contributed by atoms with Crippen molar-refractivity contribution >= 4 is 45.6 Å². The molecule has 1 N–H and O–H groups in total. The van der Waals surface area contributed by atoms with E-state index < -0.39 is 18.4 Å². The molecule has 5 rings (SSSR count). The summed E-state index contributed by atoms with van der Waals surface area (Å²) in [4.78, 5) is 13.8. The first kappa shape index (κ1) is 32.1. The molecule has 0 atom stereocenters. The van der Waals surface area contributed by atoms with Gasteiger partial charge in [0.05, 0.1) is 31.5 Å². The average molecular weight is 634 g/mol. The minimum Gasteiger partial charge on any atom is -0.406 e. The van der Waals surface area contributed by atoms with Gasteiger partial charge in [-0.2, -0.15) is 13.5 Å². The number of amides is 1. The monoisotopic (exact) mass is 633 g/mol. The van der Waals surface area contributed by atoms with Crippen LogP contribution in [0.1, 0.15) is 56.9 Å². The van der Waals surface area contributed by atoms with E-state index in [1.54, 1.807) is 4.68 Å². The molecule has 0 radical (unpaired) electrons. The largest absolute Gasteiger partial charge is 0.406 e. The van der Waals surface area contributed by atoms with E-state index >= 15 is 0 Å². The Morgan fingerprint density at radius 1 is 0.909 bits per heavy atom. The zero-order chi connectivity index (χ0) is 31.4. The number of nitrogens with one attached hydrogen (secondary N) is 1. The van der Waals surface area contributed by atoms with Crippen molar-refractivity contribution in [3.63, 3.8) is 0 Å². The Bertz CT molecular complexity index is 1620. The van der Waals surface area contributed by atoms with Crippen LogP contribution in [0.3, 0.4) is 0 Å². The molecule has 4 aromatic rings. The molecule has 234 valence electrons. The summed E-state index contributed by atoms with van der Waals surface area (Å²) in [6.45, 7) is 7.78. The molecule has 3 aromatic carbocycles. The van der Waals surface area contributed by atoms with Crippen molar-refractivity contribution in [2.24, 2.45) is 5.92 Å². The summed E-state index contributed by atoms with van der Waals surface area (Å²) >= 11 is 0. The van der Waals surface area contributed by atoms with Gasteiger partial charge in [0, 0.05) is 11.4 Å². The number of carbonyl (C=O) groups is 1. The molecule has 0 saturated heterocycles. The molecule has 0 aliphatic heterocycles. The normalized spacial score (nSPS) is 17.9. The fourth-order valence-corrected chi connectivity index (χ4v) is 11.5. The summed E-state index contributed by atoms with van der Waals surface area (Å²) in [5.74, 6) is 0.0165. The van der Waals surface area contributed by atoms with E-state index in [0.29, 0.717) is 18.8 Å². The maximum Gasteiger partial charge on any atom is 0.270 e. The topological polar surface area (TPSA) is 99.5 Å². The van der Waals surface area contributed by atoms with E-state index in [4.69, 9.17) is 13.7 Å². The Kier molecular flexibility index (Phi) is 9.74. The summed E-state index contributed by atoms with van der Waals surface area (Å²) in [5.41, 5.74) is 1.30. The van der Waals surface area contributed by atoms with Crippen LogP contribution in [0.25, 0.3) is 10.9 Å². The van der Waals surface area contributed by atoms with Gasteiger partial charge in [-0.3, -0.25) is 13.7 Å². The molecule has 1 saturated carbocycles. The molecule has 1 heterocycles. The summed E-state index contributed by atoms with van der Waals surface area (Å²) in [7, 11) is -6.19. The van der Waals surface area contributed by atoms with Gasteiger partial charge in [-0.15, -0.1) is 0 Å². The summed E-state index contributed by atoms with van der Waals surface area (Å²) in [5, 5.41) is 11.1. The zero-order valence-electron chi connectivity index (χ0n) is 26.0. The second-order valence-corrected chi connectivity index (χ2v) is 18.7. The second-order valence-electron chi connectivity index (χ2n) is 12.8. The van der Waals surface area contributed by atoms with Crippen LogP contribution < -0.4 is 15.7 Å². The number of hydrogen-bond acceptors (Lipinski definition) is 6. The lowest BCUT2D eigenvalue weighted by Gasteiger charge is -2.43. The van der Waals surface area contributed by atoms with Crippen LogP contribution >= 0.6 is 0 Å². The van der Waals surface area contributed by atoms with Crippen molar-refractivity contribution in [2.75, 3.05) is 19.5 Å². The van der Waals surface area contributed by atoms with Gasteiger partial charge in [-0.05, 0) is 53.1 Å². The molecule has 1 aromatic heterocycles. The van der Waals surface area contributed by atoms with Crippen molar-refractivity contribution in [2.45, 2.75) is 64.1 Å². The molecule has 0 unspecified atom stereocenters. The number of rotatable bonds is 11. The molecule has 0 spiro atoms. The van der Waals surface area contributed by atoms with Crippen LogP contribution in [-0.2, 0) is 25.3 Å². The highest BCUT2D eigenvalue weighted by molar-refractivity contribution is 7.85. The van der Waals surface area contributed by atoms with Crippen molar-refractivity contribution in [1.29, 1.82) is 0 Å². The van der Waals surface area contributed by atoms with Gasteiger partial charge in [0.15, 0.2) is 0 Å². The fraction of sp³-hybridized carbons (Fsp3) is 0.412. The molecule has 1 aliphatic rings. The minimum absolute atomic E-state index is 0.00690. The highest BCUT2D eigenvalue weighted by Crippen LogP contribution is 2.37. The third-order valence-electron chi connectivity index (χ3n) is 8.60. The van der Waals surface area contributed by atoms with Gasteiger partial charge in [0.1, 0.15) is 5.69 Å². The maximum atomic E-state index is 13.8. The predicted octanol–water partition coefficient (Wildman–Crippen LogP) is 4.88. The van der Waals surface area contributed by atoms with Crippen LogP contribution in [-0.4, -0.2) is 57.9 Å². The number of benzene rings is 3. The summed E-state index contributed by atoms with van der Waals surface area (Å²) in [6, 6.07) is 28.8. The Balaban J connectivity index is 1.36. The highest BCUT2D eigenvalue weighted by Gasteiger charge is 2.50. The van der Waals surface area contributed by atoms with Crippen molar-refractivity contribution in [1.82, 2.24) is 15.1 Å². The maximum absolute atomic E-state index is 13.8. The molecule has 1 fully saturated rings. The second kappa shape index (κ2) is 13.4. The van der Waals surface area contributed by atoms with E-state index in [1.165, 1.54) is 10.4 Å². The minimum atomic E-state index is -3.46. The van der Waals surface area contributed by atoms with Gasteiger partial charge in [0.25, 0.3) is 24.3 Å². The van der Waals surface area contributed by atoms with Gasteiger partial charge in [-0.25, -0.2) is 0 Å². The van der Waals surface area contributed by atoms with Crippen molar-refractivity contribution in [3.05, 3.63) is 90.6 Å². The molecule has 8 nitrogen and oxygen atoms in total. The standard InChI is InChI=1S/C34H43N3O5SSi/c1-34(2,3)44(28-13-7-5-8-14-28,29-15-9-6-10-16-29)42-24-23-37-32(30-17-11-12-18-31(30)36-37)33(38)35-27-21-19-26(20-22-27)25-41-43(4,39)40/h5-18,26-27H,19-25H2,1-4H3,(H,35,38)/t26-,27-. The molecular formula is C34H43N3O5SSi. The van der Waals surface area contributed by atoms with Crippen LogP contribution in [0.4, 0.5) is 0 Å². The molecule has 10 heteroatoms. The molecule has 44 heavy (non-hydrogen) atoms. The summed E-state index contributed by atoms with van der Waals surface area (Å²) in [6.07, 6.45) is 4.21. The van der Waals surface area contributed by atoms with E-state index in [1.807, 2.05) is 36.4 Å². The number of carbonyl (C=O) groups excluding carboxylic acids is 1. The number of nitrogens with zero attached hydrogens (tertiary/aromatic N) is 2. The molecule has 0 bridgehead atoms. The van der Waals surface area contributed by atoms with E-state index in [0.717, 1.165) is 42.8 Å². The Morgan fingerprint density at radius 3 is 2.05 bits per heavy atom. The van der Waals surface area contributed by atoms with Crippen LogP contribution in [0.15, 0.2) is 84.9 Å². The first-order valence-electron chi connectivity index (χ1n) is 15.3. The lowest BCUT2D eigenvalue weighted by atomic mass is 9.86. The Morgan fingerprint density at radius 2 is 1.48 bits per heavy atom. The Labute approximate surface area is 262 Å². The van der Waals surface area contributed by atoms with E-state index in [2.05, 4.69) is 74.6 Å². The predicted molar refractivity (Wildman–Crippen MR) is 177 cm³/mol. The fourth-order valence-electron chi connectivity index (χ4n) is 6.48. The third-order valence-corrected chi connectivity index (χ3v) is 14.2. The molecular weight excluding hydrogens is 591 g/mol. The SMILES string of the molecule is CC(C)(C)[Si](OCCn1nc2ccccc2c1C(=O)N[C@H]1CC[C@H](COS(C)(=O)=O)CC1)(c1ccccc1)c1ccccc1. The first-order valence-corrected chi connectivity index (χ1v) is 19.1. The quantitative estimate of drug-likeness (QED) is 0.187. The Hall–Kier alpha value is -3.31. The molecule has 1 aliphatic carbocycles. The first-order chi connectivity index (χ1) is 21.0. The lowest BCUT2D eigenvalue weighted by Crippen LogP contribution is -2.66. The van der Waals surface area contributed by atoms with Crippen LogP contribution in [0.5, 0.6) is 0 Å². The number of hydrogen-bond donors (Lipinski definition) is 1. The lowest BCUT2D eigenvalue weighted by molar-refractivity contribution is 0.0906. The van der Waals surface area contributed by atoms with Gasteiger partial charge < -0.3 is 9.74 Å². The highest BCUT2D eigenvalue weighted by atomic mass is 32.2. The molecule has 1 amide bonds. The third kappa shape index (κ3) is 7.15. The van der Waals surface area contributed by atoms with Crippen LogP contribution in [0, 0.1) is 5.92 Å². The van der Waals surface area contributed by atoms with Gasteiger partial charge in [-0.1, -0.05) is 99.6 Å². The number of aromatic nitrogens is 2. The summed E-state index contributed by atoms with van der Waals surface area (Å²) < 4.78 is 36.7. The van der Waals surface area contributed by atoms with Crippen LogP contribution in [0.2, 0.25) is 5.04 Å². The van der Waals surface area contributed by atoms with E-state index in [-0.39, 0.29) is 29.5 Å². The van der Waals surface area contributed by atoms with Crippen molar-refractivity contribution < 1.29 is 21.8 Å². The number of fused-ring (bicyclic) bond motifs is 1. The zero-order valence-corrected chi connectivity index (χ0v) is 27.8. The van der Waals surface area contributed by atoms with Gasteiger partial charge >= 0.3 is 0 Å². The average Bonchev–Trinajstić information content (AvgIpc) is 3.37. The van der Waals surface area contributed by atoms with E-state index in [9.17, 15) is 13.2 Å². The van der Waals surface area contributed by atoms with Gasteiger partial charge in [0.2, 0.25) is 0 Å². The van der Waals surface area contributed by atoms with Crippen molar-refractivity contribution in [3.8, 4) is 0 Å². The smallest absolute Gasteiger partial charge is 0.270 e.